The predicted octanol–water partition coefficient (Wildman–Crippen LogP) is 1.11. The maximum atomic E-state index is 12.5. The van der Waals surface area contributed by atoms with E-state index in [1.54, 1.807) is 18.2 Å². The standard InChI is InChI=1S/C14H12O5/c1-14(17)11-8(6-19-14)12(15)7-4-3-5-9(18-2)10(7)13(11)16/h3-5,17H,6H2,1-2H3. The van der Waals surface area contributed by atoms with Crippen LogP contribution in [0.2, 0.25) is 0 Å². The summed E-state index contributed by atoms with van der Waals surface area (Å²) in [4.78, 5) is 24.9. The van der Waals surface area contributed by atoms with Crippen LogP contribution in [0.15, 0.2) is 29.3 Å². The number of rotatable bonds is 1. The first-order valence-electron chi connectivity index (χ1n) is 5.83. The van der Waals surface area contributed by atoms with Crippen molar-refractivity contribution in [2.24, 2.45) is 0 Å². The Hall–Kier alpha value is -1.98. The van der Waals surface area contributed by atoms with Crippen LogP contribution in [0.25, 0.3) is 0 Å². The van der Waals surface area contributed by atoms with Gasteiger partial charge in [0.2, 0.25) is 0 Å². The van der Waals surface area contributed by atoms with Gasteiger partial charge in [-0.05, 0) is 13.0 Å². The number of carbonyl (C=O) groups excluding carboxylic acids is 2. The van der Waals surface area contributed by atoms with Gasteiger partial charge in [0.05, 0.1) is 24.9 Å². The summed E-state index contributed by atoms with van der Waals surface area (Å²) in [6.07, 6.45) is 0. The normalized spacial score (nSPS) is 25.4. The smallest absolute Gasteiger partial charge is 0.199 e. The highest BCUT2D eigenvalue weighted by Gasteiger charge is 2.47. The van der Waals surface area contributed by atoms with Gasteiger partial charge in [0, 0.05) is 11.1 Å². The van der Waals surface area contributed by atoms with Gasteiger partial charge < -0.3 is 14.6 Å². The number of hydrogen-bond donors (Lipinski definition) is 1. The van der Waals surface area contributed by atoms with E-state index in [0.717, 1.165) is 0 Å². The molecule has 98 valence electrons. The Morgan fingerprint density at radius 3 is 2.74 bits per heavy atom. The molecule has 0 saturated heterocycles. The van der Waals surface area contributed by atoms with E-state index in [-0.39, 0.29) is 29.1 Å². The minimum Gasteiger partial charge on any atom is -0.496 e. The molecule has 1 unspecified atom stereocenters. The molecule has 0 bridgehead atoms. The fraction of sp³-hybridized carbons (Fsp3) is 0.286. The molecule has 5 heteroatoms. The lowest BCUT2D eigenvalue weighted by Crippen LogP contribution is -2.33. The van der Waals surface area contributed by atoms with Crippen molar-refractivity contribution in [3.05, 3.63) is 40.5 Å². The Kier molecular flexibility index (Phi) is 2.39. The second kappa shape index (κ2) is 3.76. The zero-order chi connectivity index (χ0) is 13.8. The van der Waals surface area contributed by atoms with Crippen molar-refractivity contribution in [1.82, 2.24) is 0 Å². The molecule has 1 atom stereocenters. The minimum atomic E-state index is -1.72. The summed E-state index contributed by atoms with van der Waals surface area (Å²) in [6.45, 7) is 1.31. The average Bonchev–Trinajstić information content (AvgIpc) is 2.71. The van der Waals surface area contributed by atoms with Crippen LogP contribution in [0.3, 0.4) is 0 Å². The molecule has 3 rings (SSSR count). The first kappa shape index (κ1) is 12.1. The lowest BCUT2D eigenvalue weighted by Gasteiger charge is -2.23. The molecule has 5 nitrogen and oxygen atoms in total. The third-order valence-corrected chi connectivity index (χ3v) is 3.48. The van der Waals surface area contributed by atoms with Gasteiger partial charge in [-0.1, -0.05) is 12.1 Å². The first-order chi connectivity index (χ1) is 8.97. The summed E-state index contributed by atoms with van der Waals surface area (Å²) >= 11 is 0. The third-order valence-electron chi connectivity index (χ3n) is 3.48. The molecule has 1 aliphatic carbocycles. The Balaban J connectivity index is 2.28. The average molecular weight is 260 g/mol. The third kappa shape index (κ3) is 1.49. The van der Waals surface area contributed by atoms with Crippen LogP contribution in [-0.2, 0) is 4.74 Å². The Morgan fingerprint density at radius 2 is 2.05 bits per heavy atom. The second-order valence-electron chi connectivity index (χ2n) is 4.67. The number of ether oxygens (including phenoxy) is 2. The van der Waals surface area contributed by atoms with Crippen molar-refractivity contribution >= 4 is 11.6 Å². The van der Waals surface area contributed by atoms with E-state index in [9.17, 15) is 14.7 Å². The van der Waals surface area contributed by atoms with Crippen LogP contribution in [0.1, 0.15) is 27.6 Å². The number of aliphatic hydroxyl groups is 1. The predicted molar refractivity (Wildman–Crippen MR) is 65.3 cm³/mol. The Bertz CT molecular complexity index is 639. The number of hydrogen-bond acceptors (Lipinski definition) is 5. The van der Waals surface area contributed by atoms with E-state index in [2.05, 4.69) is 0 Å². The topological polar surface area (TPSA) is 72.8 Å². The summed E-state index contributed by atoms with van der Waals surface area (Å²) in [7, 11) is 1.43. The molecule has 1 heterocycles. The zero-order valence-electron chi connectivity index (χ0n) is 10.5. The molecular weight excluding hydrogens is 248 g/mol. The van der Waals surface area contributed by atoms with Gasteiger partial charge in [-0.15, -0.1) is 0 Å². The molecule has 19 heavy (non-hydrogen) atoms. The largest absolute Gasteiger partial charge is 0.496 e. The monoisotopic (exact) mass is 260 g/mol. The number of ketones is 2. The summed E-state index contributed by atoms with van der Waals surface area (Å²) in [5.74, 6) is -2.10. The van der Waals surface area contributed by atoms with E-state index in [4.69, 9.17) is 9.47 Å². The maximum absolute atomic E-state index is 12.5. The highest BCUT2D eigenvalue weighted by atomic mass is 16.6. The van der Waals surface area contributed by atoms with Gasteiger partial charge in [0.25, 0.3) is 0 Å². The molecular formula is C14H12O5. The second-order valence-corrected chi connectivity index (χ2v) is 4.67. The molecule has 1 aromatic carbocycles. The molecule has 0 spiro atoms. The van der Waals surface area contributed by atoms with E-state index in [1.165, 1.54) is 14.0 Å². The first-order valence-corrected chi connectivity index (χ1v) is 5.83. The van der Waals surface area contributed by atoms with E-state index in [1.807, 2.05) is 0 Å². The minimum absolute atomic E-state index is 0.0227. The van der Waals surface area contributed by atoms with E-state index < -0.39 is 11.6 Å². The van der Waals surface area contributed by atoms with Crippen LogP contribution in [0.5, 0.6) is 5.75 Å². The van der Waals surface area contributed by atoms with Gasteiger partial charge in [0.1, 0.15) is 5.75 Å². The Labute approximate surface area is 109 Å². The Morgan fingerprint density at radius 1 is 1.32 bits per heavy atom. The molecule has 1 N–H and O–H groups in total. The van der Waals surface area contributed by atoms with Crippen molar-refractivity contribution < 1.29 is 24.2 Å². The number of fused-ring (bicyclic) bond motifs is 1. The summed E-state index contributed by atoms with van der Waals surface area (Å²) in [5.41, 5.74) is 0.745. The van der Waals surface area contributed by atoms with Crippen LogP contribution in [-0.4, -0.2) is 36.2 Å². The number of benzene rings is 1. The van der Waals surface area contributed by atoms with Crippen molar-refractivity contribution in [3.63, 3.8) is 0 Å². The highest BCUT2D eigenvalue weighted by Crippen LogP contribution is 2.40. The highest BCUT2D eigenvalue weighted by molar-refractivity contribution is 6.29. The number of Topliss-reactive ketones (excluding diaryl/α,β-unsaturated/α-hetero) is 2. The lowest BCUT2D eigenvalue weighted by atomic mass is 9.82. The van der Waals surface area contributed by atoms with Crippen LogP contribution >= 0.6 is 0 Å². The van der Waals surface area contributed by atoms with Gasteiger partial charge in [0.15, 0.2) is 17.4 Å². The fourth-order valence-electron chi connectivity index (χ4n) is 2.58. The SMILES string of the molecule is COc1cccc2c1C(=O)C1=C(COC1(C)O)C2=O. The number of methoxy groups -OCH3 is 1. The molecule has 1 aliphatic heterocycles. The molecule has 2 aliphatic rings. The quantitative estimate of drug-likeness (QED) is 0.818. The van der Waals surface area contributed by atoms with Gasteiger partial charge in [-0.3, -0.25) is 9.59 Å². The summed E-state index contributed by atoms with van der Waals surface area (Å²) in [5, 5.41) is 10.1. The van der Waals surface area contributed by atoms with Crippen molar-refractivity contribution in [2.75, 3.05) is 13.7 Å². The van der Waals surface area contributed by atoms with Crippen LogP contribution < -0.4 is 4.74 Å². The molecule has 0 aromatic heterocycles. The van der Waals surface area contributed by atoms with Crippen molar-refractivity contribution in [3.8, 4) is 5.75 Å². The van der Waals surface area contributed by atoms with E-state index in [0.29, 0.717) is 11.3 Å². The van der Waals surface area contributed by atoms with Crippen LogP contribution in [0.4, 0.5) is 0 Å². The molecule has 0 amide bonds. The van der Waals surface area contributed by atoms with Crippen molar-refractivity contribution in [2.45, 2.75) is 12.7 Å². The summed E-state index contributed by atoms with van der Waals surface area (Å²) in [6, 6.07) is 4.84. The van der Waals surface area contributed by atoms with E-state index >= 15 is 0 Å². The lowest BCUT2D eigenvalue weighted by molar-refractivity contribution is -0.136. The fourth-order valence-corrected chi connectivity index (χ4v) is 2.58. The van der Waals surface area contributed by atoms with Crippen molar-refractivity contribution in [1.29, 1.82) is 0 Å². The summed E-state index contributed by atoms with van der Waals surface area (Å²) < 4.78 is 10.3. The van der Waals surface area contributed by atoms with Gasteiger partial charge in [-0.25, -0.2) is 0 Å². The molecule has 0 saturated carbocycles. The molecule has 1 aromatic rings. The molecule has 0 fully saturated rings. The molecule has 0 radical (unpaired) electrons. The maximum Gasteiger partial charge on any atom is 0.199 e. The van der Waals surface area contributed by atoms with Gasteiger partial charge in [-0.2, -0.15) is 0 Å². The number of carbonyl (C=O) groups is 2. The zero-order valence-corrected chi connectivity index (χ0v) is 10.5. The van der Waals surface area contributed by atoms with Gasteiger partial charge >= 0.3 is 0 Å². The van der Waals surface area contributed by atoms with Crippen LogP contribution in [0, 0.1) is 0 Å².